The first kappa shape index (κ1) is 13.8. The van der Waals surface area contributed by atoms with Crippen molar-refractivity contribution in [1.29, 1.82) is 0 Å². The van der Waals surface area contributed by atoms with Crippen LogP contribution in [0.1, 0.15) is 24.0 Å². The second-order valence-corrected chi connectivity index (χ2v) is 5.72. The van der Waals surface area contributed by atoms with Gasteiger partial charge in [-0.15, -0.1) is 0 Å². The topological polar surface area (TPSA) is 55.5 Å². The summed E-state index contributed by atoms with van der Waals surface area (Å²) in [6, 6.07) is 5.70. The van der Waals surface area contributed by atoms with Crippen LogP contribution in [0.2, 0.25) is 0 Å². The molecule has 1 unspecified atom stereocenters. The molecule has 0 spiro atoms. The van der Waals surface area contributed by atoms with Crippen LogP contribution in [0.4, 0.5) is 0 Å². The molecule has 3 nitrogen and oxygen atoms in total. The van der Waals surface area contributed by atoms with Gasteiger partial charge in [-0.3, -0.25) is 0 Å². The van der Waals surface area contributed by atoms with Crippen LogP contribution in [0.3, 0.4) is 0 Å². The molecule has 3 N–H and O–H groups in total. The van der Waals surface area contributed by atoms with Crippen LogP contribution < -0.4 is 5.73 Å². The molecule has 2 aliphatic rings. The summed E-state index contributed by atoms with van der Waals surface area (Å²) in [7, 11) is 1.68. The van der Waals surface area contributed by atoms with Gasteiger partial charge in [-0.1, -0.05) is 6.07 Å². The van der Waals surface area contributed by atoms with Gasteiger partial charge in [-0.2, -0.15) is 0 Å². The fourth-order valence-corrected chi connectivity index (χ4v) is 3.27. The molecule has 1 aromatic carbocycles. The van der Waals surface area contributed by atoms with Crippen LogP contribution in [0.15, 0.2) is 53.5 Å². The highest BCUT2D eigenvalue weighted by Gasteiger charge is 2.23. The van der Waals surface area contributed by atoms with Crippen molar-refractivity contribution < 1.29 is 9.84 Å². The second-order valence-electron chi connectivity index (χ2n) is 5.72. The summed E-state index contributed by atoms with van der Waals surface area (Å²) in [5, 5.41) is 9.58. The summed E-state index contributed by atoms with van der Waals surface area (Å²) in [5.41, 5.74) is 11.0. The van der Waals surface area contributed by atoms with Gasteiger partial charge in [-0.05, 0) is 78.7 Å². The number of ether oxygens (including phenoxy) is 1. The predicted octanol–water partition coefficient (Wildman–Crippen LogP) is 3.20. The lowest BCUT2D eigenvalue weighted by molar-refractivity contribution is 0.305. The minimum absolute atomic E-state index is 0.357. The lowest BCUT2D eigenvalue weighted by atomic mass is 9.78. The maximum absolute atomic E-state index is 9.58. The Balaban J connectivity index is 1.84. The summed E-state index contributed by atoms with van der Waals surface area (Å²) >= 11 is 0. The number of aromatic hydroxyl groups is 1. The highest BCUT2D eigenvalue weighted by Crippen LogP contribution is 2.35. The third-order valence-electron chi connectivity index (χ3n) is 4.47. The first-order chi connectivity index (χ1) is 10.2. The number of allylic oxidation sites excluding steroid dienone is 4. The van der Waals surface area contributed by atoms with E-state index in [0.717, 1.165) is 37.1 Å². The van der Waals surface area contributed by atoms with Crippen molar-refractivity contribution >= 4 is 0 Å². The Hall–Kier alpha value is -2.16. The molecule has 21 heavy (non-hydrogen) atoms. The molecule has 2 aliphatic carbocycles. The van der Waals surface area contributed by atoms with E-state index in [0.29, 0.717) is 11.7 Å². The molecule has 1 aromatic rings. The van der Waals surface area contributed by atoms with E-state index in [4.69, 9.17) is 10.5 Å². The van der Waals surface area contributed by atoms with Crippen LogP contribution >= 0.6 is 0 Å². The summed E-state index contributed by atoms with van der Waals surface area (Å²) in [6.45, 7) is 0. The summed E-state index contributed by atoms with van der Waals surface area (Å²) in [6.07, 6.45) is 9.89. The number of hydrogen-bond donors (Lipinski definition) is 2. The Morgan fingerprint density at radius 3 is 2.90 bits per heavy atom. The molecule has 0 saturated heterocycles. The minimum Gasteiger partial charge on any atom is -0.508 e. The highest BCUT2D eigenvalue weighted by atomic mass is 16.5. The van der Waals surface area contributed by atoms with Crippen molar-refractivity contribution in [3.05, 3.63) is 64.6 Å². The van der Waals surface area contributed by atoms with Crippen molar-refractivity contribution in [2.24, 2.45) is 11.7 Å². The van der Waals surface area contributed by atoms with E-state index in [1.54, 1.807) is 13.2 Å². The molecular formula is C18H21NO2. The molecule has 0 aliphatic heterocycles. The maximum atomic E-state index is 9.58. The molecule has 3 rings (SSSR count). The van der Waals surface area contributed by atoms with Crippen molar-refractivity contribution in [2.45, 2.75) is 25.7 Å². The van der Waals surface area contributed by atoms with Gasteiger partial charge in [0.15, 0.2) is 0 Å². The fourth-order valence-electron chi connectivity index (χ4n) is 3.27. The van der Waals surface area contributed by atoms with Crippen molar-refractivity contribution in [1.82, 2.24) is 0 Å². The average Bonchev–Trinajstić information content (AvgIpc) is 2.68. The number of phenols is 1. The molecule has 0 saturated carbocycles. The Morgan fingerprint density at radius 1 is 1.24 bits per heavy atom. The Labute approximate surface area is 125 Å². The maximum Gasteiger partial charge on any atom is 0.115 e. The first-order valence-electron chi connectivity index (χ1n) is 7.39. The van der Waals surface area contributed by atoms with E-state index in [9.17, 15) is 5.11 Å². The lowest BCUT2D eigenvalue weighted by Crippen LogP contribution is -2.18. The van der Waals surface area contributed by atoms with Crippen molar-refractivity contribution in [3.8, 4) is 5.75 Å². The van der Waals surface area contributed by atoms with Gasteiger partial charge >= 0.3 is 0 Å². The van der Waals surface area contributed by atoms with Gasteiger partial charge in [0, 0.05) is 5.70 Å². The summed E-state index contributed by atoms with van der Waals surface area (Å²) in [4.78, 5) is 0. The quantitative estimate of drug-likeness (QED) is 0.876. The highest BCUT2D eigenvalue weighted by molar-refractivity contribution is 5.40. The molecule has 3 heteroatoms. The Bertz CT molecular complexity index is 641. The number of hydrogen-bond acceptors (Lipinski definition) is 3. The molecule has 0 radical (unpaired) electrons. The van der Waals surface area contributed by atoms with E-state index < -0.39 is 0 Å². The van der Waals surface area contributed by atoms with Crippen molar-refractivity contribution in [2.75, 3.05) is 7.11 Å². The molecule has 0 heterocycles. The van der Waals surface area contributed by atoms with Crippen LogP contribution in [-0.2, 0) is 17.6 Å². The van der Waals surface area contributed by atoms with Crippen LogP contribution in [0.25, 0.3) is 0 Å². The largest absolute Gasteiger partial charge is 0.508 e. The number of fused-ring (bicyclic) bond motifs is 1. The smallest absolute Gasteiger partial charge is 0.115 e. The number of benzene rings is 1. The standard InChI is InChI=1S/C18H21NO2/c1-21-16-6-8-17(18(19)9-7-16)14-3-2-13-11-15(20)5-4-12(13)10-14/h4-7,9,11,14,20H,2-3,8,10,19H2,1H3. The van der Waals surface area contributed by atoms with E-state index in [2.05, 4.69) is 6.08 Å². The van der Waals surface area contributed by atoms with Crippen LogP contribution in [0.5, 0.6) is 5.75 Å². The number of phenolic OH excluding ortho intramolecular Hbond substituents is 1. The van der Waals surface area contributed by atoms with Gasteiger partial charge < -0.3 is 15.6 Å². The summed E-state index contributed by atoms with van der Waals surface area (Å²) < 4.78 is 5.29. The zero-order valence-electron chi connectivity index (χ0n) is 12.3. The second kappa shape index (κ2) is 5.68. The normalized spacial score (nSPS) is 21.6. The lowest BCUT2D eigenvalue weighted by Gasteiger charge is -2.27. The van der Waals surface area contributed by atoms with Gasteiger partial charge in [0.2, 0.25) is 0 Å². The van der Waals surface area contributed by atoms with E-state index in [1.807, 2.05) is 24.3 Å². The summed E-state index contributed by atoms with van der Waals surface area (Å²) in [5.74, 6) is 1.70. The molecule has 1 atom stereocenters. The van der Waals surface area contributed by atoms with Gasteiger partial charge in [0.1, 0.15) is 11.5 Å². The SMILES string of the molecule is COC1=CCC(C2CCc3cc(O)ccc3C2)=C(N)C=C1. The Kier molecular flexibility index (Phi) is 3.74. The third kappa shape index (κ3) is 2.82. The monoisotopic (exact) mass is 283 g/mol. The van der Waals surface area contributed by atoms with E-state index in [1.165, 1.54) is 16.7 Å². The average molecular weight is 283 g/mol. The van der Waals surface area contributed by atoms with E-state index >= 15 is 0 Å². The molecule has 0 bridgehead atoms. The first-order valence-corrected chi connectivity index (χ1v) is 7.39. The number of methoxy groups -OCH3 is 1. The Morgan fingerprint density at radius 2 is 2.10 bits per heavy atom. The molecular weight excluding hydrogens is 262 g/mol. The minimum atomic E-state index is 0.357. The molecule has 0 aromatic heterocycles. The predicted molar refractivity (Wildman–Crippen MR) is 83.7 cm³/mol. The van der Waals surface area contributed by atoms with Gasteiger partial charge in [-0.25, -0.2) is 0 Å². The zero-order valence-corrected chi connectivity index (χ0v) is 12.3. The third-order valence-corrected chi connectivity index (χ3v) is 4.47. The fraction of sp³-hybridized carbons (Fsp3) is 0.333. The molecule has 110 valence electrons. The number of nitrogens with two attached hydrogens (primary N) is 1. The molecule has 0 amide bonds. The molecule has 0 fully saturated rings. The number of rotatable bonds is 2. The van der Waals surface area contributed by atoms with Crippen molar-refractivity contribution in [3.63, 3.8) is 0 Å². The zero-order chi connectivity index (χ0) is 14.8. The van der Waals surface area contributed by atoms with Gasteiger partial charge in [0.25, 0.3) is 0 Å². The van der Waals surface area contributed by atoms with Crippen LogP contribution in [0, 0.1) is 5.92 Å². The van der Waals surface area contributed by atoms with Crippen LogP contribution in [-0.4, -0.2) is 12.2 Å². The number of aryl methyl sites for hydroxylation is 1. The van der Waals surface area contributed by atoms with E-state index in [-0.39, 0.29) is 0 Å². The van der Waals surface area contributed by atoms with Gasteiger partial charge in [0.05, 0.1) is 7.11 Å².